The van der Waals surface area contributed by atoms with E-state index in [2.05, 4.69) is 20.1 Å². The SMILES string of the molecule is CNCc1ccc(N2CCN(c3nccs3)CC2)c(F)c1. The second-order valence-corrected chi connectivity index (χ2v) is 5.98. The maximum absolute atomic E-state index is 14.2. The smallest absolute Gasteiger partial charge is 0.185 e. The van der Waals surface area contributed by atoms with Crippen molar-refractivity contribution >= 4 is 22.2 Å². The molecule has 1 aromatic carbocycles. The Labute approximate surface area is 128 Å². The fourth-order valence-corrected chi connectivity index (χ4v) is 3.33. The Kier molecular flexibility index (Phi) is 4.36. The molecule has 0 aliphatic carbocycles. The average Bonchev–Trinajstić information content (AvgIpc) is 3.02. The molecule has 1 aliphatic rings. The van der Waals surface area contributed by atoms with Gasteiger partial charge in [0.15, 0.2) is 5.13 Å². The highest BCUT2D eigenvalue weighted by atomic mass is 32.1. The summed E-state index contributed by atoms with van der Waals surface area (Å²) in [5.41, 5.74) is 1.67. The van der Waals surface area contributed by atoms with E-state index < -0.39 is 0 Å². The van der Waals surface area contributed by atoms with Gasteiger partial charge in [0.25, 0.3) is 0 Å². The first-order chi connectivity index (χ1) is 10.3. The van der Waals surface area contributed by atoms with Crippen LogP contribution in [0.5, 0.6) is 0 Å². The van der Waals surface area contributed by atoms with Gasteiger partial charge in [-0.2, -0.15) is 0 Å². The molecule has 112 valence electrons. The van der Waals surface area contributed by atoms with E-state index in [1.54, 1.807) is 17.4 Å². The highest BCUT2D eigenvalue weighted by Crippen LogP contribution is 2.24. The normalized spacial score (nSPS) is 15.5. The third-order valence-corrected chi connectivity index (χ3v) is 4.54. The van der Waals surface area contributed by atoms with Crippen LogP contribution in [0.15, 0.2) is 29.8 Å². The summed E-state index contributed by atoms with van der Waals surface area (Å²) >= 11 is 1.65. The summed E-state index contributed by atoms with van der Waals surface area (Å²) in [5.74, 6) is -0.134. The number of anilines is 2. The molecule has 6 heteroatoms. The molecule has 1 aromatic heterocycles. The molecule has 2 aromatic rings. The molecule has 0 bridgehead atoms. The molecule has 21 heavy (non-hydrogen) atoms. The highest BCUT2D eigenvalue weighted by molar-refractivity contribution is 7.13. The van der Waals surface area contributed by atoms with Crippen LogP contribution in [-0.2, 0) is 6.54 Å². The van der Waals surface area contributed by atoms with E-state index in [4.69, 9.17) is 0 Å². The van der Waals surface area contributed by atoms with Crippen LogP contribution in [0.25, 0.3) is 0 Å². The van der Waals surface area contributed by atoms with E-state index in [0.29, 0.717) is 12.2 Å². The summed E-state index contributed by atoms with van der Waals surface area (Å²) in [6, 6.07) is 5.50. The largest absolute Gasteiger partial charge is 0.366 e. The lowest BCUT2D eigenvalue weighted by atomic mass is 10.1. The van der Waals surface area contributed by atoms with E-state index in [0.717, 1.165) is 36.9 Å². The molecule has 4 nitrogen and oxygen atoms in total. The van der Waals surface area contributed by atoms with E-state index >= 15 is 0 Å². The predicted octanol–water partition coefficient (Wildman–Crippen LogP) is 2.33. The summed E-state index contributed by atoms with van der Waals surface area (Å²) in [6.45, 7) is 4.09. The minimum atomic E-state index is -0.134. The number of thiazole rings is 1. The number of nitrogens with zero attached hydrogens (tertiary/aromatic N) is 3. The molecule has 0 saturated carbocycles. The molecular weight excluding hydrogens is 287 g/mol. The van der Waals surface area contributed by atoms with Gasteiger partial charge >= 0.3 is 0 Å². The molecule has 1 saturated heterocycles. The summed E-state index contributed by atoms with van der Waals surface area (Å²) < 4.78 is 14.2. The van der Waals surface area contributed by atoms with Crippen LogP contribution in [0.4, 0.5) is 15.2 Å². The summed E-state index contributed by atoms with van der Waals surface area (Å²) in [6.07, 6.45) is 1.83. The van der Waals surface area contributed by atoms with Crippen molar-refractivity contribution in [2.24, 2.45) is 0 Å². The van der Waals surface area contributed by atoms with Crippen LogP contribution < -0.4 is 15.1 Å². The first-order valence-corrected chi connectivity index (χ1v) is 7.98. The number of nitrogens with one attached hydrogen (secondary N) is 1. The standard InChI is InChI=1S/C15H19FN4S/c1-17-11-12-2-3-14(13(16)10-12)19-5-7-20(8-6-19)15-18-4-9-21-15/h2-4,9-10,17H,5-8,11H2,1H3. The van der Waals surface area contributed by atoms with Crippen molar-refractivity contribution in [2.75, 3.05) is 43.0 Å². The third-order valence-electron chi connectivity index (χ3n) is 3.70. The molecule has 1 aliphatic heterocycles. The molecule has 0 amide bonds. The van der Waals surface area contributed by atoms with Crippen molar-refractivity contribution < 1.29 is 4.39 Å². The van der Waals surface area contributed by atoms with Gasteiger partial charge in [-0.25, -0.2) is 9.37 Å². The predicted molar refractivity (Wildman–Crippen MR) is 85.7 cm³/mol. The summed E-state index contributed by atoms with van der Waals surface area (Å²) in [4.78, 5) is 8.70. The molecule has 2 heterocycles. The second-order valence-electron chi connectivity index (χ2n) is 5.10. The molecule has 0 spiro atoms. The van der Waals surface area contributed by atoms with E-state index in [-0.39, 0.29) is 5.82 Å². The van der Waals surface area contributed by atoms with Crippen molar-refractivity contribution in [1.82, 2.24) is 10.3 Å². The van der Waals surface area contributed by atoms with E-state index in [1.807, 2.05) is 30.8 Å². The van der Waals surface area contributed by atoms with Gasteiger partial charge in [-0.1, -0.05) is 6.07 Å². The quantitative estimate of drug-likeness (QED) is 0.939. The van der Waals surface area contributed by atoms with Crippen molar-refractivity contribution in [3.05, 3.63) is 41.2 Å². The first kappa shape index (κ1) is 14.3. The summed E-state index contributed by atoms with van der Waals surface area (Å²) in [7, 11) is 1.86. The average molecular weight is 306 g/mol. The second kappa shape index (κ2) is 6.41. The molecule has 0 unspecified atom stereocenters. The lowest BCUT2D eigenvalue weighted by Gasteiger charge is -2.36. The van der Waals surface area contributed by atoms with Crippen LogP contribution >= 0.6 is 11.3 Å². The Morgan fingerprint density at radius 3 is 2.62 bits per heavy atom. The summed E-state index contributed by atoms with van der Waals surface area (Å²) in [5, 5.41) is 6.08. The van der Waals surface area contributed by atoms with Crippen LogP contribution in [-0.4, -0.2) is 38.2 Å². The Balaban J connectivity index is 1.66. The van der Waals surface area contributed by atoms with Gasteiger partial charge in [-0.3, -0.25) is 0 Å². The molecule has 1 fully saturated rings. The molecule has 0 radical (unpaired) electrons. The lowest BCUT2D eigenvalue weighted by Crippen LogP contribution is -2.46. The van der Waals surface area contributed by atoms with Crippen molar-refractivity contribution in [3.8, 4) is 0 Å². The number of hydrogen-bond acceptors (Lipinski definition) is 5. The minimum absolute atomic E-state index is 0.134. The highest BCUT2D eigenvalue weighted by Gasteiger charge is 2.20. The number of aromatic nitrogens is 1. The van der Waals surface area contributed by atoms with Gasteiger partial charge in [0.2, 0.25) is 0 Å². The molecular formula is C15H19FN4S. The number of rotatable bonds is 4. The molecule has 1 N–H and O–H groups in total. The maximum atomic E-state index is 14.2. The zero-order valence-electron chi connectivity index (χ0n) is 12.1. The van der Waals surface area contributed by atoms with Gasteiger partial charge in [0.05, 0.1) is 5.69 Å². The fourth-order valence-electron chi connectivity index (χ4n) is 2.63. The van der Waals surface area contributed by atoms with Crippen molar-refractivity contribution in [3.63, 3.8) is 0 Å². The Morgan fingerprint density at radius 2 is 2.00 bits per heavy atom. The van der Waals surface area contributed by atoms with Crippen molar-refractivity contribution in [2.45, 2.75) is 6.54 Å². The van der Waals surface area contributed by atoms with Gasteiger partial charge in [-0.05, 0) is 24.7 Å². The van der Waals surface area contributed by atoms with Crippen LogP contribution in [0.2, 0.25) is 0 Å². The first-order valence-electron chi connectivity index (χ1n) is 7.10. The van der Waals surface area contributed by atoms with Crippen LogP contribution in [0.3, 0.4) is 0 Å². The third kappa shape index (κ3) is 3.16. The maximum Gasteiger partial charge on any atom is 0.185 e. The minimum Gasteiger partial charge on any atom is -0.366 e. The lowest BCUT2D eigenvalue weighted by molar-refractivity contribution is 0.595. The Hall–Kier alpha value is -1.66. The van der Waals surface area contributed by atoms with Crippen LogP contribution in [0, 0.1) is 5.82 Å². The monoisotopic (exact) mass is 306 g/mol. The van der Waals surface area contributed by atoms with Crippen LogP contribution in [0.1, 0.15) is 5.56 Å². The Bertz CT molecular complexity index is 579. The van der Waals surface area contributed by atoms with Crippen molar-refractivity contribution in [1.29, 1.82) is 0 Å². The van der Waals surface area contributed by atoms with Gasteiger partial charge < -0.3 is 15.1 Å². The topological polar surface area (TPSA) is 31.4 Å². The van der Waals surface area contributed by atoms with E-state index in [9.17, 15) is 4.39 Å². The fraction of sp³-hybridized carbons (Fsp3) is 0.400. The van der Waals surface area contributed by atoms with Gasteiger partial charge in [-0.15, -0.1) is 11.3 Å². The zero-order chi connectivity index (χ0) is 14.7. The number of halogens is 1. The zero-order valence-corrected chi connectivity index (χ0v) is 12.9. The molecule has 0 atom stereocenters. The van der Waals surface area contributed by atoms with Gasteiger partial charge in [0, 0.05) is 44.3 Å². The number of piperazine rings is 1. The molecule has 3 rings (SSSR count). The van der Waals surface area contributed by atoms with Gasteiger partial charge in [0.1, 0.15) is 5.82 Å². The number of benzene rings is 1. The Morgan fingerprint density at radius 1 is 1.24 bits per heavy atom. The van der Waals surface area contributed by atoms with E-state index in [1.165, 1.54) is 0 Å². The number of hydrogen-bond donors (Lipinski definition) is 1.